The molecule has 1 rings (SSSR count). The Bertz CT molecular complexity index is 350. The molecular weight excluding hydrogens is 226 g/mol. The van der Waals surface area contributed by atoms with E-state index in [1.165, 1.54) is 7.11 Å². The number of nitrogens with two attached hydrogens (primary N) is 1. The molecule has 1 aromatic heterocycles. The van der Waals surface area contributed by atoms with Crippen molar-refractivity contribution < 1.29 is 9.53 Å². The zero-order valence-electron chi connectivity index (χ0n) is 9.77. The van der Waals surface area contributed by atoms with Crippen LogP contribution in [-0.4, -0.2) is 42.6 Å². The summed E-state index contributed by atoms with van der Waals surface area (Å²) < 4.78 is 5.00. The minimum absolute atomic E-state index is 0.0993. The molecule has 6 heteroatoms. The highest BCUT2D eigenvalue weighted by Crippen LogP contribution is 2.14. The summed E-state index contributed by atoms with van der Waals surface area (Å²) in [6.45, 7) is 2.68. The van der Waals surface area contributed by atoms with Gasteiger partial charge in [0.2, 0.25) is 0 Å². The van der Waals surface area contributed by atoms with Gasteiger partial charge in [0.25, 0.3) is 5.91 Å². The summed E-state index contributed by atoms with van der Waals surface area (Å²) in [6.07, 6.45) is -0.557. The molecule has 5 nitrogen and oxygen atoms in total. The van der Waals surface area contributed by atoms with Crippen LogP contribution in [0.5, 0.6) is 0 Å². The number of likely N-dealkylation sites (N-methyl/N-ethyl adjacent to an activating group) is 1. The van der Waals surface area contributed by atoms with Crippen LogP contribution in [-0.2, 0) is 16.1 Å². The average molecular weight is 243 g/mol. The zero-order valence-corrected chi connectivity index (χ0v) is 10.6. The minimum Gasteiger partial charge on any atom is -0.370 e. The van der Waals surface area contributed by atoms with Crippen molar-refractivity contribution in [3.63, 3.8) is 0 Å². The molecule has 0 fully saturated rings. The molecule has 0 radical (unpaired) electrons. The Labute approximate surface area is 99.2 Å². The SMILES string of the molecule is COC(CN)C(=O)N(C)Cc1scnc1C. The molecule has 0 aliphatic heterocycles. The molecule has 0 aliphatic carbocycles. The van der Waals surface area contributed by atoms with E-state index >= 15 is 0 Å². The fraction of sp³-hybridized carbons (Fsp3) is 0.600. The van der Waals surface area contributed by atoms with Crippen LogP contribution < -0.4 is 5.73 Å². The molecule has 0 bridgehead atoms. The van der Waals surface area contributed by atoms with E-state index in [1.54, 1.807) is 28.8 Å². The minimum atomic E-state index is -0.557. The summed E-state index contributed by atoms with van der Waals surface area (Å²) in [6, 6.07) is 0. The van der Waals surface area contributed by atoms with Crippen molar-refractivity contribution in [1.82, 2.24) is 9.88 Å². The van der Waals surface area contributed by atoms with Crippen LogP contribution >= 0.6 is 11.3 Å². The average Bonchev–Trinajstić information content (AvgIpc) is 2.66. The van der Waals surface area contributed by atoms with Crippen molar-refractivity contribution in [3.05, 3.63) is 16.1 Å². The molecule has 1 heterocycles. The van der Waals surface area contributed by atoms with Crippen LogP contribution in [0.15, 0.2) is 5.51 Å². The molecule has 1 atom stereocenters. The molecule has 0 saturated carbocycles. The number of aromatic nitrogens is 1. The van der Waals surface area contributed by atoms with Gasteiger partial charge in [0.05, 0.1) is 17.7 Å². The van der Waals surface area contributed by atoms with Crippen LogP contribution in [0, 0.1) is 6.92 Å². The monoisotopic (exact) mass is 243 g/mol. The Kier molecular flexibility index (Phi) is 4.85. The van der Waals surface area contributed by atoms with Gasteiger partial charge in [-0.25, -0.2) is 4.98 Å². The summed E-state index contributed by atoms with van der Waals surface area (Å²) in [5.41, 5.74) is 8.18. The van der Waals surface area contributed by atoms with Crippen molar-refractivity contribution in [2.45, 2.75) is 19.6 Å². The Morgan fingerprint density at radius 1 is 1.75 bits per heavy atom. The van der Waals surface area contributed by atoms with E-state index in [0.29, 0.717) is 6.54 Å². The fourth-order valence-corrected chi connectivity index (χ4v) is 2.14. The normalized spacial score (nSPS) is 12.5. The molecule has 0 saturated heterocycles. The van der Waals surface area contributed by atoms with Gasteiger partial charge in [-0.05, 0) is 6.92 Å². The van der Waals surface area contributed by atoms with Crippen molar-refractivity contribution in [2.75, 3.05) is 20.7 Å². The molecule has 0 aromatic carbocycles. The first kappa shape index (κ1) is 13.1. The van der Waals surface area contributed by atoms with Crippen molar-refractivity contribution in [1.29, 1.82) is 0 Å². The molecule has 1 aromatic rings. The van der Waals surface area contributed by atoms with Gasteiger partial charge < -0.3 is 15.4 Å². The van der Waals surface area contributed by atoms with Gasteiger partial charge in [-0.1, -0.05) is 0 Å². The van der Waals surface area contributed by atoms with Gasteiger partial charge in [0.15, 0.2) is 0 Å². The number of methoxy groups -OCH3 is 1. The van der Waals surface area contributed by atoms with Gasteiger partial charge in [-0.15, -0.1) is 11.3 Å². The second-order valence-electron chi connectivity index (χ2n) is 3.52. The Balaban J connectivity index is 2.62. The molecule has 1 amide bonds. The fourth-order valence-electron chi connectivity index (χ4n) is 1.31. The summed E-state index contributed by atoms with van der Waals surface area (Å²) >= 11 is 1.55. The highest BCUT2D eigenvalue weighted by atomic mass is 32.1. The quantitative estimate of drug-likeness (QED) is 0.812. The van der Waals surface area contributed by atoms with E-state index in [1.807, 2.05) is 6.92 Å². The Hall–Kier alpha value is -0.980. The number of amides is 1. The van der Waals surface area contributed by atoms with Gasteiger partial charge in [0.1, 0.15) is 6.10 Å². The second-order valence-corrected chi connectivity index (χ2v) is 4.45. The smallest absolute Gasteiger partial charge is 0.253 e. The predicted octanol–water partition coefficient (Wildman–Crippen LogP) is 0.384. The lowest BCUT2D eigenvalue weighted by atomic mass is 10.3. The zero-order chi connectivity index (χ0) is 12.1. The first-order valence-corrected chi connectivity index (χ1v) is 5.85. The van der Waals surface area contributed by atoms with Crippen LogP contribution in [0.3, 0.4) is 0 Å². The number of hydrogen-bond acceptors (Lipinski definition) is 5. The molecule has 90 valence electrons. The van der Waals surface area contributed by atoms with Gasteiger partial charge in [0, 0.05) is 25.6 Å². The van der Waals surface area contributed by atoms with Crippen LogP contribution in [0.4, 0.5) is 0 Å². The van der Waals surface area contributed by atoms with Gasteiger partial charge in [-0.3, -0.25) is 4.79 Å². The number of rotatable bonds is 5. The first-order chi connectivity index (χ1) is 7.60. The predicted molar refractivity (Wildman–Crippen MR) is 63.2 cm³/mol. The number of thiazole rings is 1. The Morgan fingerprint density at radius 3 is 2.88 bits per heavy atom. The largest absolute Gasteiger partial charge is 0.370 e. The lowest BCUT2D eigenvalue weighted by Gasteiger charge is -2.21. The highest BCUT2D eigenvalue weighted by molar-refractivity contribution is 7.09. The highest BCUT2D eigenvalue weighted by Gasteiger charge is 2.20. The van der Waals surface area contributed by atoms with Crippen LogP contribution in [0.25, 0.3) is 0 Å². The molecule has 0 aliphatic rings. The first-order valence-electron chi connectivity index (χ1n) is 4.97. The molecular formula is C10H17N3O2S. The molecule has 0 spiro atoms. The third kappa shape index (κ3) is 3.01. The third-order valence-electron chi connectivity index (χ3n) is 2.38. The van der Waals surface area contributed by atoms with Crippen LogP contribution in [0.2, 0.25) is 0 Å². The van der Waals surface area contributed by atoms with E-state index < -0.39 is 6.10 Å². The summed E-state index contributed by atoms with van der Waals surface area (Å²) in [7, 11) is 3.23. The van der Waals surface area contributed by atoms with Crippen molar-refractivity contribution in [2.24, 2.45) is 5.73 Å². The lowest BCUT2D eigenvalue weighted by Crippen LogP contribution is -2.41. The maximum absolute atomic E-state index is 11.8. The maximum Gasteiger partial charge on any atom is 0.253 e. The topological polar surface area (TPSA) is 68.5 Å². The molecule has 16 heavy (non-hydrogen) atoms. The van der Waals surface area contributed by atoms with E-state index in [4.69, 9.17) is 10.5 Å². The Morgan fingerprint density at radius 2 is 2.44 bits per heavy atom. The van der Waals surface area contributed by atoms with E-state index in [0.717, 1.165) is 10.6 Å². The number of carbonyl (C=O) groups excluding carboxylic acids is 1. The number of nitrogens with zero attached hydrogens (tertiary/aromatic N) is 2. The summed E-state index contributed by atoms with van der Waals surface area (Å²) in [4.78, 5) is 18.7. The number of hydrogen-bond donors (Lipinski definition) is 1. The molecule has 1 unspecified atom stereocenters. The van der Waals surface area contributed by atoms with E-state index in [9.17, 15) is 4.79 Å². The van der Waals surface area contributed by atoms with Crippen molar-refractivity contribution >= 4 is 17.2 Å². The lowest BCUT2D eigenvalue weighted by molar-refractivity contribution is -0.140. The molecule has 2 N–H and O–H groups in total. The standard InChI is InChI=1S/C10H17N3O2S/c1-7-9(16-6-12-7)5-13(2)10(14)8(4-11)15-3/h6,8H,4-5,11H2,1-3H3. The third-order valence-corrected chi connectivity index (χ3v) is 3.30. The second kappa shape index (κ2) is 5.93. The van der Waals surface area contributed by atoms with E-state index in [2.05, 4.69) is 4.98 Å². The van der Waals surface area contributed by atoms with Crippen LogP contribution in [0.1, 0.15) is 10.6 Å². The van der Waals surface area contributed by atoms with Gasteiger partial charge in [-0.2, -0.15) is 0 Å². The van der Waals surface area contributed by atoms with E-state index in [-0.39, 0.29) is 12.5 Å². The summed E-state index contributed by atoms with van der Waals surface area (Å²) in [5.74, 6) is -0.0993. The maximum atomic E-state index is 11.8. The summed E-state index contributed by atoms with van der Waals surface area (Å²) in [5, 5.41) is 0. The number of carbonyl (C=O) groups is 1. The number of ether oxygens (including phenoxy) is 1. The van der Waals surface area contributed by atoms with Gasteiger partial charge >= 0.3 is 0 Å². The number of aryl methyl sites for hydroxylation is 1. The van der Waals surface area contributed by atoms with Crippen molar-refractivity contribution in [3.8, 4) is 0 Å².